The molecule has 22 heavy (non-hydrogen) atoms. The first-order valence-corrected chi connectivity index (χ1v) is 6.87. The van der Waals surface area contributed by atoms with E-state index in [-0.39, 0.29) is 0 Å². The Labute approximate surface area is 127 Å². The maximum absolute atomic E-state index is 10.3. The molecule has 4 rings (SSSR count). The van der Waals surface area contributed by atoms with Crippen LogP contribution in [0.15, 0.2) is 75.5 Å². The fraction of sp³-hybridized carbons (Fsp3) is 0. The van der Waals surface area contributed by atoms with Crippen molar-refractivity contribution in [1.82, 2.24) is 5.06 Å². The number of fused-ring (bicyclic) bond motifs is 1. The molecule has 2 aromatic rings. The first kappa shape index (κ1) is 12.7. The van der Waals surface area contributed by atoms with Gasteiger partial charge in [-0.25, -0.2) is 5.06 Å². The molecule has 0 saturated heterocycles. The molecule has 5 nitrogen and oxygen atoms in total. The summed E-state index contributed by atoms with van der Waals surface area (Å²) in [6.07, 6.45) is 3.03. The third-order valence-electron chi connectivity index (χ3n) is 3.60. The lowest BCUT2D eigenvalue weighted by atomic mass is 9.99. The Balaban J connectivity index is 1.93. The fourth-order valence-electron chi connectivity index (χ4n) is 2.59. The largest absolute Gasteiger partial charge is 0.282 e. The fourth-order valence-corrected chi connectivity index (χ4v) is 2.59. The number of hydroxylamine groups is 2. The monoisotopic (exact) mass is 288 g/mol. The van der Waals surface area contributed by atoms with Crippen molar-refractivity contribution in [3.05, 3.63) is 71.4 Å². The third kappa shape index (κ3) is 1.96. The smallest absolute Gasteiger partial charge is 0.144 e. The second-order valence-electron chi connectivity index (χ2n) is 4.93. The van der Waals surface area contributed by atoms with E-state index in [2.05, 4.69) is 15.2 Å². The molecule has 0 bridgehead atoms. The zero-order valence-electron chi connectivity index (χ0n) is 11.6. The van der Waals surface area contributed by atoms with Crippen molar-refractivity contribution < 1.29 is 5.21 Å². The highest BCUT2D eigenvalue weighted by Gasteiger charge is 2.26. The Bertz CT molecular complexity index is 850. The zero-order chi connectivity index (χ0) is 14.9. The van der Waals surface area contributed by atoms with Crippen LogP contribution in [0.3, 0.4) is 0 Å². The van der Waals surface area contributed by atoms with E-state index in [9.17, 15) is 5.21 Å². The lowest BCUT2D eigenvalue weighted by Gasteiger charge is -2.21. The minimum absolute atomic E-state index is 0.579. The van der Waals surface area contributed by atoms with Gasteiger partial charge in [0.25, 0.3) is 0 Å². The van der Waals surface area contributed by atoms with Gasteiger partial charge in [0.2, 0.25) is 0 Å². The van der Waals surface area contributed by atoms with Gasteiger partial charge in [-0.1, -0.05) is 48.5 Å². The van der Waals surface area contributed by atoms with Gasteiger partial charge in [-0.2, -0.15) is 0 Å². The molecule has 0 atom stereocenters. The number of nitrogens with zero attached hydrogens (tertiary/aromatic N) is 4. The minimum Gasteiger partial charge on any atom is -0.282 e. The topological polar surface area (TPSA) is 60.5 Å². The van der Waals surface area contributed by atoms with E-state index in [0.29, 0.717) is 11.4 Å². The maximum atomic E-state index is 10.3. The van der Waals surface area contributed by atoms with Crippen LogP contribution in [-0.2, 0) is 0 Å². The molecule has 0 aromatic heterocycles. The Hall–Kier alpha value is -3.05. The Morgan fingerprint density at radius 3 is 2.55 bits per heavy atom. The van der Waals surface area contributed by atoms with E-state index < -0.39 is 0 Å². The number of allylic oxidation sites excluding steroid dienone is 2. The standard InChI is InChI=1S/C17H12N4O/c22-21-11-19-20-16(12-6-2-1-3-7-12)17(21)14-10-18-15-9-5-4-8-13(14)15/h1-11,22H/b17-14+. The van der Waals surface area contributed by atoms with Crippen LogP contribution in [0.25, 0.3) is 5.57 Å². The molecule has 2 aliphatic heterocycles. The summed E-state index contributed by atoms with van der Waals surface area (Å²) in [5, 5.41) is 19.3. The molecule has 2 aliphatic rings. The van der Waals surface area contributed by atoms with E-state index >= 15 is 0 Å². The molecule has 1 N–H and O–H groups in total. The average molecular weight is 288 g/mol. The average Bonchev–Trinajstić information content (AvgIpc) is 2.99. The van der Waals surface area contributed by atoms with Gasteiger partial charge in [-0.3, -0.25) is 10.2 Å². The molecule has 0 amide bonds. The molecule has 2 heterocycles. The zero-order valence-corrected chi connectivity index (χ0v) is 11.6. The summed E-state index contributed by atoms with van der Waals surface area (Å²) in [4.78, 5) is 4.40. The predicted molar refractivity (Wildman–Crippen MR) is 86.6 cm³/mol. The van der Waals surface area contributed by atoms with Gasteiger partial charge in [-0.15, -0.1) is 10.2 Å². The summed E-state index contributed by atoms with van der Waals surface area (Å²) >= 11 is 0. The van der Waals surface area contributed by atoms with Crippen LogP contribution in [0, 0.1) is 0 Å². The van der Waals surface area contributed by atoms with Crippen LogP contribution in [0.2, 0.25) is 0 Å². The Morgan fingerprint density at radius 2 is 1.68 bits per heavy atom. The number of rotatable bonds is 1. The number of hydrogen-bond donors (Lipinski definition) is 1. The van der Waals surface area contributed by atoms with E-state index in [1.807, 2.05) is 54.6 Å². The number of para-hydroxylation sites is 1. The summed E-state index contributed by atoms with van der Waals surface area (Å²) in [5.74, 6) is 0. The summed E-state index contributed by atoms with van der Waals surface area (Å²) in [5.41, 5.74) is 4.76. The molecule has 0 radical (unpaired) electrons. The minimum atomic E-state index is 0.579. The molecule has 5 heteroatoms. The van der Waals surface area contributed by atoms with Crippen LogP contribution in [0.4, 0.5) is 5.69 Å². The quantitative estimate of drug-likeness (QED) is 0.875. The summed E-state index contributed by atoms with van der Waals surface area (Å²) in [7, 11) is 0. The normalized spacial score (nSPS) is 19.3. The highest BCUT2D eigenvalue weighted by Crippen LogP contribution is 2.35. The van der Waals surface area contributed by atoms with E-state index in [4.69, 9.17) is 0 Å². The van der Waals surface area contributed by atoms with E-state index in [1.54, 1.807) is 6.21 Å². The van der Waals surface area contributed by atoms with Crippen LogP contribution >= 0.6 is 0 Å². The Morgan fingerprint density at radius 1 is 0.909 bits per heavy atom. The van der Waals surface area contributed by atoms with Crippen molar-refractivity contribution in [2.24, 2.45) is 15.2 Å². The van der Waals surface area contributed by atoms with Crippen molar-refractivity contribution in [3.63, 3.8) is 0 Å². The van der Waals surface area contributed by atoms with Crippen LogP contribution in [-0.4, -0.2) is 28.5 Å². The molecule has 0 unspecified atom stereocenters. The summed E-state index contributed by atoms with van der Waals surface area (Å²) in [6.45, 7) is 0. The van der Waals surface area contributed by atoms with Crippen molar-refractivity contribution >= 4 is 29.5 Å². The highest BCUT2D eigenvalue weighted by molar-refractivity contribution is 6.28. The van der Waals surface area contributed by atoms with E-state index in [0.717, 1.165) is 27.5 Å². The lowest BCUT2D eigenvalue weighted by Crippen LogP contribution is -2.27. The van der Waals surface area contributed by atoms with Crippen LogP contribution in [0.5, 0.6) is 0 Å². The van der Waals surface area contributed by atoms with Gasteiger partial charge in [0, 0.05) is 22.9 Å². The van der Waals surface area contributed by atoms with Gasteiger partial charge >= 0.3 is 0 Å². The number of aliphatic imine (C=N–C) groups is 1. The van der Waals surface area contributed by atoms with Crippen molar-refractivity contribution in [2.45, 2.75) is 0 Å². The molecule has 0 fully saturated rings. The van der Waals surface area contributed by atoms with Gasteiger partial charge in [0.15, 0.2) is 0 Å². The summed E-state index contributed by atoms with van der Waals surface area (Å²) in [6, 6.07) is 17.5. The molecule has 2 aromatic carbocycles. The van der Waals surface area contributed by atoms with Crippen LogP contribution < -0.4 is 0 Å². The first-order chi connectivity index (χ1) is 10.8. The van der Waals surface area contributed by atoms with Crippen molar-refractivity contribution in [2.75, 3.05) is 0 Å². The lowest BCUT2D eigenvalue weighted by molar-refractivity contribution is 0.0355. The Kier molecular flexibility index (Phi) is 2.91. The number of benzene rings is 2. The second-order valence-corrected chi connectivity index (χ2v) is 4.93. The molecular weight excluding hydrogens is 276 g/mol. The van der Waals surface area contributed by atoms with Gasteiger partial charge in [0.1, 0.15) is 17.7 Å². The van der Waals surface area contributed by atoms with E-state index in [1.165, 1.54) is 6.34 Å². The summed E-state index contributed by atoms with van der Waals surface area (Å²) < 4.78 is 0. The van der Waals surface area contributed by atoms with Gasteiger partial charge in [0.05, 0.1) is 5.69 Å². The first-order valence-electron chi connectivity index (χ1n) is 6.87. The van der Waals surface area contributed by atoms with Crippen LogP contribution in [0.1, 0.15) is 11.1 Å². The molecule has 0 aliphatic carbocycles. The molecule has 0 saturated carbocycles. The molecular formula is C17H12N4O. The molecule has 0 spiro atoms. The highest BCUT2D eigenvalue weighted by atomic mass is 16.5. The SMILES string of the molecule is ON1C=NN=C(c2ccccc2)/C1=C1/C=Nc2ccccc21. The van der Waals surface area contributed by atoms with Gasteiger partial charge in [-0.05, 0) is 6.07 Å². The predicted octanol–water partition coefficient (Wildman–Crippen LogP) is 3.25. The van der Waals surface area contributed by atoms with Crippen molar-refractivity contribution in [1.29, 1.82) is 0 Å². The van der Waals surface area contributed by atoms with Crippen molar-refractivity contribution in [3.8, 4) is 0 Å². The molecule has 106 valence electrons. The third-order valence-corrected chi connectivity index (χ3v) is 3.60. The number of hydrogen-bond acceptors (Lipinski definition) is 5. The maximum Gasteiger partial charge on any atom is 0.144 e. The second kappa shape index (κ2) is 5.05. The van der Waals surface area contributed by atoms with Gasteiger partial charge < -0.3 is 0 Å².